The van der Waals surface area contributed by atoms with Crippen LogP contribution in [-0.4, -0.2) is 28.5 Å². The van der Waals surface area contributed by atoms with Gasteiger partial charge in [0.1, 0.15) is 0 Å². The monoisotopic (exact) mass is 333 g/mol. The predicted molar refractivity (Wildman–Crippen MR) is 98.3 cm³/mol. The molecule has 3 aliphatic rings. The number of nitrogens with two attached hydrogens (primary N) is 1. The molecule has 0 heterocycles. The third-order valence-corrected chi connectivity index (χ3v) is 8.05. The lowest BCUT2D eigenvalue weighted by Crippen LogP contribution is -2.60. The first kappa shape index (κ1) is 18.2. The van der Waals surface area contributed by atoms with Crippen molar-refractivity contribution < 1.29 is 10.2 Å². The average molecular weight is 334 g/mol. The van der Waals surface area contributed by atoms with Gasteiger partial charge in [-0.2, -0.15) is 0 Å². The highest BCUT2D eigenvalue weighted by Crippen LogP contribution is 2.59. The van der Waals surface area contributed by atoms with Gasteiger partial charge in [-0.25, -0.2) is 0 Å². The summed E-state index contributed by atoms with van der Waals surface area (Å²) in [6, 6.07) is -0.0227. The van der Waals surface area contributed by atoms with Crippen LogP contribution >= 0.6 is 0 Å². The van der Waals surface area contributed by atoms with Crippen LogP contribution < -0.4 is 5.73 Å². The number of hydrogen-bond donors (Lipinski definition) is 3. The van der Waals surface area contributed by atoms with E-state index in [1.807, 2.05) is 6.92 Å². The van der Waals surface area contributed by atoms with E-state index in [0.717, 1.165) is 30.4 Å². The molecule has 0 aromatic carbocycles. The molecule has 3 nitrogen and oxygen atoms in total. The van der Waals surface area contributed by atoms with Crippen LogP contribution in [0.15, 0.2) is 23.3 Å². The zero-order chi connectivity index (χ0) is 18.0. The molecule has 0 aromatic rings. The highest BCUT2D eigenvalue weighted by molar-refractivity contribution is 5.35. The molecule has 136 valence electrons. The van der Waals surface area contributed by atoms with Gasteiger partial charge in [0, 0.05) is 12.0 Å². The van der Waals surface area contributed by atoms with E-state index in [2.05, 4.69) is 34.3 Å². The first-order chi connectivity index (χ1) is 11.0. The molecule has 4 N–H and O–H groups in total. The Morgan fingerprint density at radius 1 is 1.21 bits per heavy atom. The van der Waals surface area contributed by atoms with Crippen molar-refractivity contribution in [2.45, 2.75) is 78.6 Å². The second-order valence-electron chi connectivity index (χ2n) is 9.48. The Labute approximate surface area is 147 Å². The van der Waals surface area contributed by atoms with Crippen molar-refractivity contribution in [2.75, 3.05) is 0 Å². The molecule has 0 spiro atoms. The summed E-state index contributed by atoms with van der Waals surface area (Å²) in [6.45, 7) is 15.2. The molecule has 0 amide bonds. The Morgan fingerprint density at radius 3 is 2.46 bits per heavy atom. The number of hydrogen-bond acceptors (Lipinski definition) is 3. The van der Waals surface area contributed by atoms with Gasteiger partial charge in [-0.3, -0.25) is 0 Å². The van der Waals surface area contributed by atoms with Crippen LogP contribution in [0.5, 0.6) is 0 Å². The lowest BCUT2D eigenvalue weighted by Gasteiger charge is -2.59. The van der Waals surface area contributed by atoms with E-state index >= 15 is 0 Å². The van der Waals surface area contributed by atoms with E-state index in [9.17, 15) is 10.2 Å². The molecule has 2 fully saturated rings. The highest BCUT2D eigenvalue weighted by Gasteiger charge is 2.57. The van der Waals surface area contributed by atoms with Gasteiger partial charge < -0.3 is 15.9 Å². The third-order valence-electron chi connectivity index (χ3n) is 8.05. The summed E-state index contributed by atoms with van der Waals surface area (Å²) in [5.74, 6) is 0.473. The van der Waals surface area contributed by atoms with E-state index < -0.39 is 12.2 Å². The van der Waals surface area contributed by atoms with Gasteiger partial charge in [-0.05, 0) is 66.4 Å². The number of aliphatic hydroxyl groups excluding tert-OH is 2. The second kappa shape index (κ2) is 5.69. The summed E-state index contributed by atoms with van der Waals surface area (Å²) in [5.41, 5.74) is 9.91. The van der Waals surface area contributed by atoms with Gasteiger partial charge in [0.2, 0.25) is 0 Å². The standard InChI is InChI=1S/C21H35NO2/c1-11-8-7-9-21(6)13(3)19(24)17-12(2)15(23)10-14(20(17,4)5)18(22)16(11)21/h13-16,18-19,23-24H,1,7-10,22H2,2-6H3/t13?,14-,15-,16-,18+,19-,21-/m0/s1. The number of fused-ring (bicyclic) bond motifs is 3. The molecule has 1 unspecified atom stereocenters. The second-order valence-corrected chi connectivity index (χ2v) is 9.48. The van der Waals surface area contributed by atoms with Crippen LogP contribution in [0.2, 0.25) is 0 Å². The van der Waals surface area contributed by atoms with Crippen LogP contribution in [0.25, 0.3) is 0 Å². The molecular weight excluding hydrogens is 298 g/mol. The largest absolute Gasteiger partial charge is 0.389 e. The van der Waals surface area contributed by atoms with Crippen LogP contribution in [0.3, 0.4) is 0 Å². The normalized spacial score (nSPS) is 48.6. The van der Waals surface area contributed by atoms with Crippen LogP contribution in [0, 0.1) is 28.6 Å². The maximum absolute atomic E-state index is 11.4. The molecule has 0 aromatic heterocycles. The molecule has 0 saturated heterocycles. The molecule has 7 atom stereocenters. The third kappa shape index (κ3) is 2.28. The lowest BCUT2D eigenvalue weighted by atomic mass is 9.47. The zero-order valence-electron chi connectivity index (χ0n) is 16.0. The quantitative estimate of drug-likeness (QED) is 0.595. The van der Waals surface area contributed by atoms with Gasteiger partial charge in [0.05, 0.1) is 12.2 Å². The van der Waals surface area contributed by atoms with Crippen LogP contribution in [-0.2, 0) is 0 Å². The van der Waals surface area contributed by atoms with Crippen molar-refractivity contribution in [3.63, 3.8) is 0 Å². The molecule has 3 rings (SSSR count). The molecule has 24 heavy (non-hydrogen) atoms. The van der Waals surface area contributed by atoms with E-state index in [4.69, 9.17) is 5.73 Å². The molecule has 3 heteroatoms. The minimum absolute atomic E-state index is 0.0227. The first-order valence-electron chi connectivity index (χ1n) is 9.54. The first-order valence-corrected chi connectivity index (χ1v) is 9.54. The van der Waals surface area contributed by atoms with Crippen molar-refractivity contribution in [1.29, 1.82) is 0 Å². The van der Waals surface area contributed by atoms with Crippen molar-refractivity contribution in [2.24, 2.45) is 34.3 Å². The van der Waals surface area contributed by atoms with Gasteiger partial charge >= 0.3 is 0 Å². The Bertz CT molecular complexity index is 578. The summed E-state index contributed by atoms with van der Waals surface area (Å²) < 4.78 is 0. The van der Waals surface area contributed by atoms with Crippen LogP contribution in [0.4, 0.5) is 0 Å². The van der Waals surface area contributed by atoms with E-state index in [0.29, 0.717) is 6.42 Å². The smallest absolute Gasteiger partial charge is 0.0789 e. The molecule has 2 bridgehead atoms. The minimum Gasteiger partial charge on any atom is -0.389 e. The Morgan fingerprint density at radius 2 is 1.83 bits per heavy atom. The predicted octanol–water partition coefficient (Wildman–Crippen LogP) is 3.41. The van der Waals surface area contributed by atoms with E-state index in [-0.39, 0.29) is 34.6 Å². The highest BCUT2D eigenvalue weighted by atomic mass is 16.3. The van der Waals surface area contributed by atoms with Crippen LogP contribution in [0.1, 0.15) is 60.3 Å². The summed E-state index contributed by atoms with van der Waals surface area (Å²) in [5, 5.41) is 22.0. The fourth-order valence-corrected chi connectivity index (χ4v) is 6.39. The topological polar surface area (TPSA) is 66.5 Å². The number of aliphatic hydroxyl groups is 2. The summed E-state index contributed by atoms with van der Waals surface area (Å²) in [7, 11) is 0. The molecule has 2 saturated carbocycles. The molecule has 0 aliphatic heterocycles. The Balaban J connectivity index is 2.22. The maximum Gasteiger partial charge on any atom is 0.0789 e. The van der Waals surface area contributed by atoms with Crippen molar-refractivity contribution in [3.8, 4) is 0 Å². The van der Waals surface area contributed by atoms with Gasteiger partial charge in [0.15, 0.2) is 0 Å². The summed E-state index contributed by atoms with van der Waals surface area (Å²) in [6.07, 6.45) is 2.92. The SMILES string of the molecule is C=C1CCC[C@@]2(C)C(C)[C@H](O)C3=C(C)[C@@H](O)C[C@@H]([C@@H](N)[C@H]12)C3(C)C. The maximum atomic E-state index is 11.4. The summed E-state index contributed by atoms with van der Waals surface area (Å²) >= 11 is 0. The minimum atomic E-state index is -0.525. The van der Waals surface area contributed by atoms with E-state index in [1.165, 1.54) is 5.57 Å². The average Bonchev–Trinajstić information content (AvgIpc) is 2.48. The van der Waals surface area contributed by atoms with Crippen molar-refractivity contribution in [1.82, 2.24) is 0 Å². The fourth-order valence-electron chi connectivity index (χ4n) is 6.39. The van der Waals surface area contributed by atoms with Gasteiger partial charge in [-0.15, -0.1) is 0 Å². The van der Waals surface area contributed by atoms with Crippen molar-refractivity contribution >= 4 is 0 Å². The Kier molecular flexibility index (Phi) is 4.30. The van der Waals surface area contributed by atoms with Gasteiger partial charge in [0.25, 0.3) is 0 Å². The molecule has 0 radical (unpaired) electrons. The molecule has 3 aliphatic carbocycles. The fraction of sp³-hybridized carbons (Fsp3) is 0.810. The molecular formula is C21H35NO2. The van der Waals surface area contributed by atoms with E-state index in [1.54, 1.807) is 0 Å². The lowest BCUT2D eigenvalue weighted by molar-refractivity contribution is -0.0575. The van der Waals surface area contributed by atoms with Gasteiger partial charge in [-0.1, -0.05) is 39.8 Å². The van der Waals surface area contributed by atoms with Crippen molar-refractivity contribution in [3.05, 3.63) is 23.3 Å². The number of rotatable bonds is 0. The summed E-state index contributed by atoms with van der Waals surface area (Å²) in [4.78, 5) is 0. The Hall–Kier alpha value is -0.640. The zero-order valence-corrected chi connectivity index (χ0v) is 16.0.